The first-order chi connectivity index (χ1) is 12.7. The molecule has 0 aromatic carbocycles. The Morgan fingerprint density at radius 1 is 1.08 bits per heavy atom. The molecule has 2 fully saturated rings. The van der Waals surface area contributed by atoms with E-state index in [1.807, 2.05) is 23.7 Å². The summed E-state index contributed by atoms with van der Waals surface area (Å²) in [7, 11) is 0. The van der Waals surface area contributed by atoms with Gasteiger partial charge >= 0.3 is 0 Å². The van der Waals surface area contributed by atoms with Gasteiger partial charge in [-0.2, -0.15) is 0 Å². The number of piperazine rings is 1. The molecule has 0 amide bonds. The highest BCUT2D eigenvalue weighted by Gasteiger charge is 2.31. The molecule has 5 rings (SSSR count). The van der Waals surface area contributed by atoms with Crippen molar-refractivity contribution in [3.63, 3.8) is 0 Å². The van der Waals surface area contributed by atoms with Gasteiger partial charge in [0.25, 0.3) is 0 Å². The maximum Gasteiger partial charge on any atom is 0.154 e. The SMILES string of the molecule is Cc1cc(-c2c(C)nc3ccc(N4CCN5CCCC5C4)nn23)ccn1. The molecule has 0 aliphatic carbocycles. The van der Waals surface area contributed by atoms with Crippen LogP contribution in [0.1, 0.15) is 24.2 Å². The molecule has 6 heteroatoms. The van der Waals surface area contributed by atoms with Crippen molar-refractivity contribution in [2.24, 2.45) is 0 Å². The van der Waals surface area contributed by atoms with Crippen molar-refractivity contribution in [2.45, 2.75) is 32.7 Å². The molecule has 2 saturated heterocycles. The second-order valence-electron chi connectivity index (χ2n) is 7.47. The Morgan fingerprint density at radius 2 is 2.00 bits per heavy atom. The first-order valence-electron chi connectivity index (χ1n) is 9.47. The van der Waals surface area contributed by atoms with Crippen LogP contribution in [0.3, 0.4) is 0 Å². The van der Waals surface area contributed by atoms with E-state index in [1.165, 1.54) is 19.4 Å². The van der Waals surface area contributed by atoms with E-state index in [1.54, 1.807) is 0 Å². The fraction of sp³-hybridized carbons (Fsp3) is 0.450. The van der Waals surface area contributed by atoms with Gasteiger partial charge < -0.3 is 4.90 Å². The van der Waals surface area contributed by atoms with E-state index in [0.717, 1.165) is 53.7 Å². The van der Waals surface area contributed by atoms with E-state index in [2.05, 4.69) is 39.9 Å². The topological polar surface area (TPSA) is 49.6 Å². The van der Waals surface area contributed by atoms with Gasteiger partial charge in [-0.1, -0.05) is 0 Å². The molecule has 1 unspecified atom stereocenters. The molecule has 2 aliphatic rings. The number of anilines is 1. The van der Waals surface area contributed by atoms with E-state index in [0.29, 0.717) is 6.04 Å². The lowest BCUT2D eigenvalue weighted by Gasteiger charge is -2.38. The number of rotatable bonds is 2. The second kappa shape index (κ2) is 6.06. The summed E-state index contributed by atoms with van der Waals surface area (Å²) in [4.78, 5) is 14.1. The van der Waals surface area contributed by atoms with Crippen LogP contribution >= 0.6 is 0 Å². The smallest absolute Gasteiger partial charge is 0.154 e. The molecule has 0 radical (unpaired) electrons. The van der Waals surface area contributed by atoms with E-state index in [9.17, 15) is 0 Å². The van der Waals surface area contributed by atoms with Crippen molar-refractivity contribution in [3.05, 3.63) is 41.9 Å². The standard InChI is InChI=1S/C20H24N6/c1-14-12-16(7-8-21-14)20-15(2)22-18-5-6-19(23-26(18)20)25-11-10-24-9-3-4-17(24)13-25/h5-8,12,17H,3-4,9-11,13H2,1-2H3. The summed E-state index contributed by atoms with van der Waals surface area (Å²) < 4.78 is 2.00. The van der Waals surface area contributed by atoms with Crippen molar-refractivity contribution in [1.82, 2.24) is 24.5 Å². The lowest BCUT2D eigenvalue weighted by Crippen LogP contribution is -2.50. The Kier molecular flexibility index (Phi) is 3.67. The Bertz CT molecular complexity index is 962. The molecule has 1 atom stereocenters. The third kappa shape index (κ3) is 2.56. The van der Waals surface area contributed by atoms with Crippen LogP contribution in [0, 0.1) is 13.8 Å². The number of hydrogen-bond acceptors (Lipinski definition) is 5. The monoisotopic (exact) mass is 348 g/mol. The maximum atomic E-state index is 4.98. The molecule has 0 bridgehead atoms. The summed E-state index contributed by atoms with van der Waals surface area (Å²) in [5.74, 6) is 1.05. The normalized spacial score (nSPS) is 20.7. The van der Waals surface area contributed by atoms with Gasteiger partial charge in [0.05, 0.1) is 11.4 Å². The predicted octanol–water partition coefficient (Wildman–Crippen LogP) is 2.69. The van der Waals surface area contributed by atoms with Crippen LogP contribution < -0.4 is 4.90 Å². The minimum absolute atomic E-state index is 0.688. The molecule has 134 valence electrons. The van der Waals surface area contributed by atoms with Crippen molar-refractivity contribution in [3.8, 4) is 11.3 Å². The third-order valence-corrected chi connectivity index (χ3v) is 5.72. The molecule has 0 N–H and O–H groups in total. The molecule has 3 aromatic rings. The van der Waals surface area contributed by atoms with Crippen LogP contribution in [0.4, 0.5) is 5.82 Å². The number of aromatic nitrogens is 4. The zero-order valence-electron chi connectivity index (χ0n) is 15.4. The van der Waals surface area contributed by atoms with E-state index in [4.69, 9.17) is 10.1 Å². The number of imidazole rings is 1. The first-order valence-corrected chi connectivity index (χ1v) is 9.47. The fourth-order valence-corrected chi connectivity index (χ4v) is 4.43. The molecule has 0 saturated carbocycles. The highest BCUT2D eigenvalue weighted by atomic mass is 15.4. The van der Waals surface area contributed by atoms with Gasteiger partial charge in [0.2, 0.25) is 0 Å². The molecule has 6 nitrogen and oxygen atoms in total. The van der Waals surface area contributed by atoms with Crippen molar-refractivity contribution < 1.29 is 0 Å². The van der Waals surface area contributed by atoms with Crippen molar-refractivity contribution >= 4 is 11.5 Å². The predicted molar refractivity (Wildman–Crippen MR) is 103 cm³/mol. The summed E-state index contributed by atoms with van der Waals surface area (Å²) in [6.07, 6.45) is 4.49. The van der Waals surface area contributed by atoms with Gasteiger partial charge in [0.1, 0.15) is 5.82 Å². The molecule has 5 heterocycles. The summed E-state index contributed by atoms with van der Waals surface area (Å²) in [6.45, 7) is 8.60. The summed E-state index contributed by atoms with van der Waals surface area (Å²) >= 11 is 0. The molecular weight excluding hydrogens is 324 g/mol. The van der Waals surface area contributed by atoms with E-state index in [-0.39, 0.29) is 0 Å². The van der Waals surface area contributed by atoms with Gasteiger partial charge in [0, 0.05) is 43.1 Å². The van der Waals surface area contributed by atoms with E-state index < -0.39 is 0 Å². The zero-order chi connectivity index (χ0) is 17.7. The molecule has 0 spiro atoms. The maximum absolute atomic E-state index is 4.98. The average molecular weight is 348 g/mol. The van der Waals surface area contributed by atoms with Gasteiger partial charge in [-0.05, 0) is 57.5 Å². The van der Waals surface area contributed by atoms with Crippen LogP contribution in [0.5, 0.6) is 0 Å². The van der Waals surface area contributed by atoms with Gasteiger partial charge in [-0.15, -0.1) is 5.10 Å². The molecule has 2 aliphatic heterocycles. The highest BCUT2D eigenvalue weighted by molar-refractivity contribution is 5.67. The van der Waals surface area contributed by atoms with Crippen LogP contribution in [-0.4, -0.2) is 56.7 Å². The van der Waals surface area contributed by atoms with Crippen LogP contribution in [0.15, 0.2) is 30.5 Å². The van der Waals surface area contributed by atoms with Crippen molar-refractivity contribution in [2.75, 3.05) is 31.1 Å². The van der Waals surface area contributed by atoms with Gasteiger partial charge in [-0.25, -0.2) is 9.50 Å². The molecule has 26 heavy (non-hydrogen) atoms. The second-order valence-corrected chi connectivity index (χ2v) is 7.47. The van der Waals surface area contributed by atoms with E-state index >= 15 is 0 Å². The van der Waals surface area contributed by atoms with Gasteiger partial charge in [-0.3, -0.25) is 9.88 Å². The van der Waals surface area contributed by atoms with Crippen LogP contribution in [-0.2, 0) is 0 Å². The Labute approximate surface area is 153 Å². The quantitative estimate of drug-likeness (QED) is 0.713. The minimum Gasteiger partial charge on any atom is -0.352 e. The molecule has 3 aromatic heterocycles. The average Bonchev–Trinajstić information content (AvgIpc) is 3.23. The Balaban J connectivity index is 1.56. The fourth-order valence-electron chi connectivity index (χ4n) is 4.43. The third-order valence-electron chi connectivity index (χ3n) is 5.72. The Hall–Kier alpha value is -2.47. The summed E-state index contributed by atoms with van der Waals surface area (Å²) in [5, 5.41) is 4.98. The lowest BCUT2D eigenvalue weighted by molar-refractivity contribution is 0.230. The van der Waals surface area contributed by atoms with Crippen LogP contribution in [0.25, 0.3) is 16.9 Å². The first kappa shape index (κ1) is 15.8. The minimum atomic E-state index is 0.688. The highest BCUT2D eigenvalue weighted by Crippen LogP contribution is 2.27. The molecular formula is C20H24N6. The summed E-state index contributed by atoms with van der Waals surface area (Å²) in [5.41, 5.74) is 5.08. The number of hydrogen-bond donors (Lipinski definition) is 0. The lowest BCUT2D eigenvalue weighted by atomic mass is 10.1. The summed E-state index contributed by atoms with van der Waals surface area (Å²) in [6, 6.07) is 9.03. The zero-order valence-corrected chi connectivity index (χ0v) is 15.4. The van der Waals surface area contributed by atoms with Gasteiger partial charge in [0.15, 0.2) is 5.65 Å². The Morgan fingerprint density at radius 3 is 2.88 bits per heavy atom. The number of aryl methyl sites for hydroxylation is 2. The number of fused-ring (bicyclic) bond motifs is 2. The number of nitrogens with zero attached hydrogens (tertiary/aromatic N) is 6. The van der Waals surface area contributed by atoms with Crippen molar-refractivity contribution in [1.29, 1.82) is 0 Å². The number of pyridine rings is 1. The largest absolute Gasteiger partial charge is 0.352 e. The van der Waals surface area contributed by atoms with Crippen LogP contribution in [0.2, 0.25) is 0 Å².